The summed E-state index contributed by atoms with van der Waals surface area (Å²) in [6.45, 7) is 4.93. The van der Waals surface area contributed by atoms with Gasteiger partial charge in [0.25, 0.3) is 0 Å². The van der Waals surface area contributed by atoms with Crippen molar-refractivity contribution < 1.29 is 4.74 Å². The summed E-state index contributed by atoms with van der Waals surface area (Å²) < 4.78 is 5.78. The SMILES string of the molecule is CCCc1nc(CCOc2cccc(C)c2)sc1CS. The highest BCUT2D eigenvalue weighted by Gasteiger charge is 2.09. The van der Waals surface area contributed by atoms with Gasteiger partial charge in [0, 0.05) is 17.1 Å². The molecule has 1 aromatic carbocycles. The van der Waals surface area contributed by atoms with Gasteiger partial charge in [-0.1, -0.05) is 25.5 Å². The van der Waals surface area contributed by atoms with E-state index in [-0.39, 0.29) is 0 Å². The van der Waals surface area contributed by atoms with Crippen LogP contribution in [0, 0.1) is 6.92 Å². The van der Waals surface area contributed by atoms with Crippen molar-refractivity contribution in [2.24, 2.45) is 0 Å². The first kappa shape index (κ1) is 15.4. The Labute approximate surface area is 130 Å². The summed E-state index contributed by atoms with van der Waals surface area (Å²) in [5.41, 5.74) is 2.44. The molecule has 20 heavy (non-hydrogen) atoms. The first-order valence-corrected chi connectivity index (χ1v) is 8.45. The minimum atomic E-state index is 0.675. The third kappa shape index (κ3) is 4.25. The second-order valence-corrected chi connectivity index (χ2v) is 6.28. The Morgan fingerprint density at radius 1 is 1.30 bits per heavy atom. The molecule has 0 atom stereocenters. The van der Waals surface area contributed by atoms with Crippen LogP contribution in [-0.2, 0) is 18.6 Å². The molecule has 1 heterocycles. The quantitative estimate of drug-likeness (QED) is 0.763. The molecule has 108 valence electrons. The highest BCUT2D eigenvalue weighted by atomic mass is 32.1. The molecule has 0 radical (unpaired) electrons. The van der Waals surface area contributed by atoms with Crippen molar-refractivity contribution >= 4 is 24.0 Å². The Bertz CT molecular complexity index is 551. The van der Waals surface area contributed by atoms with Crippen molar-refractivity contribution in [3.63, 3.8) is 0 Å². The fraction of sp³-hybridized carbons (Fsp3) is 0.438. The van der Waals surface area contributed by atoms with Crippen molar-refractivity contribution in [3.05, 3.63) is 45.4 Å². The Morgan fingerprint density at radius 2 is 2.15 bits per heavy atom. The average molecular weight is 307 g/mol. The van der Waals surface area contributed by atoms with E-state index in [2.05, 4.69) is 38.6 Å². The van der Waals surface area contributed by atoms with Crippen LogP contribution in [-0.4, -0.2) is 11.6 Å². The minimum Gasteiger partial charge on any atom is -0.493 e. The second-order valence-electron chi connectivity index (χ2n) is 4.80. The van der Waals surface area contributed by atoms with Gasteiger partial charge < -0.3 is 4.74 Å². The van der Waals surface area contributed by atoms with Gasteiger partial charge in [-0.15, -0.1) is 11.3 Å². The zero-order valence-corrected chi connectivity index (χ0v) is 13.8. The van der Waals surface area contributed by atoms with E-state index in [1.807, 2.05) is 12.1 Å². The maximum Gasteiger partial charge on any atom is 0.119 e. The van der Waals surface area contributed by atoms with Gasteiger partial charge in [0.15, 0.2) is 0 Å². The fourth-order valence-electron chi connectivity index (χ4n) is 2.06. The lowest BCUT2D eigenvalue weighted by molar-refractivity contribution is 0.321. The Balaban J connectivity index is 1.90. The number of hydrogen-bond acceptors (Lipinski definition) is 4. The van der Waals surface area contributed by atoms with E-state index in [1.54, 1.807) is 11.3 Å². The van der Waals surface area contributed by atoms with E-state index in [0.29, 0.717) is 6.61 Å². The van der Waals surface area contributed by atoms with Gasteiger partial charge in [-0.05, 0) is 31.0 Å². The maximum atomic E-state index is 5.78. The van der Waals surface area contributed by atoms with E-state index in [9.17, 15) is 0 Å². The van der Waals surface area contributed by atoms with Crippen molar-refractivity contribution in [2.75, 3.05) is 6.61 Å². The summed E-state index contributed by atoms with van der Waals surface area (Å²) >= 11 is 6.15. The van der Waals surface area contributed by atoms with Gasteiger partial charge in [-0.25, -0.2) is 4.98 Å². The molecule has 0 bridgehead atoms. The number of ether oxygens (including phenoxy) is 1. The van der Waals surface area contributed by atoms with E-state index < -0.39 is 0 Å². The number of nitrogens with zero attached hydrogens (tertiary/aromatic N) is 1. The molecule has 0 fully saturated rings. The van der Waals surface area contributed by atoms with Crippen molar-refractivity contribution in [2.45, 2.75) is 38.9 Å². The lowest BCUT2D eigenvalue weighted by Gasteiger charge is -2.05. The van der Waals surface area contributed by atoms with Crippen LogP contribution in [0.5, 0.6) is 5.75 Å². The first-order valence-electron chi connectivity index (χ1n) is 7.00. The molecule has 0 spiro atoms. The number of thiol groups is 1. The fourth-order valence-corrected chi connectivity index (χ4v) is 3.39. The molecule has 0 aliphatic carbocycles. The third-order valence-corrected chi connectivity index (χ3v) is 4.71. The highest BCUT2D eigenvalue weighted by Crippen LogP contribution is 2.22. The molecule has 0 N–H and O–H groups in total. The van der Waals surface area contributed by atoms with Crippen LogP contribution in [0.2, 0.25) is 0 Å². The zero-order valence-electron chi connectivity index (χ0n) is 12.1. The van der Waals surface area contributed by atoms with Crippen LogP contribution < -0.4 is 4.74 Å². The Kier molecular flexibility index (Phi) is 5.92. The Hall–Kier alpha value is -1.00. The monoisotopic (exact) mass is 307 g/mol. The molecule has 0 amide bonds. The number of aryl methyl sites for hydroxylation is 2. The predicted molar refractivity (Wildman–Crippen MR) is 89.2 cm³/mol. The molecule has 2 aromatic rings. The van der Waals surface area contributed by atoms with Crippen molar-refractivity contribution in [1.29, 1.82) is 0 Å². The number of aromatic nitrogens is 1. The normalized spacial score (nSPS) is 10.8. The molecule has 0 aliphatic rings. The highest BCUT2D eigenvalue weighted by molar-refractivity contribution is 7.79. The van der Waals surface area contributed by atoms with Crippen molar-refractivity contribution in [1.82, 2.24) is 4.98 Å². The van der Waals surface area contributed by atoms with Gasteiger partial charge in [-0.2, -0.15) is 12.6 Å². The van der Waals surface area contributed by atoms with Gasteiger partial charge in [0.05, 0.1) is 17.3 Å². The summed E-state index contributed by atoms with van der Waals surface area (Å²) in [6, 6.07) is 8.15. The number of benzene rings is 1. The Morgan fingerprint density at radius 3 is 2.85 bits per heavy atom. The first-order chi connectivity index (χ1) is 9.72. The molecule has 0 saturated carbocycles. The van der Waals surface area contributed by atoms with E-state index in [0.717, 1.165) is 35.8 Å². The standard InChI is InChI=1S/C16H21NOS2/c1-3-5-14-15(11-19)20-16(17-14)8-9-18-13-7-4-6-12(2)10-13/h4,6-7,10,19H,3,5,8-9,11H2,1-2H3. The van der Waals surface area contributed by atoms with Crippen LogP contribution in [0.1, 0.15) is 34.5 Å². The zero-order chi connectivity index (χ0) is 14.4. The van der Waals surface area contributed by atoms with E-state index >= 15 is 0 Å². The van der Waals surface area contributed by atoms with Gasteiger partial charge in [-0.3, -0.25) is 0 Å². The van der Waals surface area contributed by atoms with Crippen LogP contribution in [0.15, 0.2) is 24.3 Å². The van der Waals surface area contributed by atoms with Gasteiger partial charge in [0.2, 0.25) is 0 Å². The molecule has 4 heteroatoms. The average Bonchev–Trinajstić information content (AvgIpc) is 2.82. The summed E-state index contributed by atoms with van der Waals surface area (Å²) in [5.74, 6) is 1.72. The van der Waals surface area contributed by atoms with E-state index in [1.165, 1.54) is 16.1 Å². The lowest BCUT2D eigenvalue weighted by atomic mass is 10.2. The largest absolute Gasteiger partial charge is 0.493 e. The third-order valence-electron chi connectivity index (χ3n) is 3.03. The van der Waals surface area contributed by atoms with Crippen LogP contribution in [0.3, 0.4) is 0 Å². The molecular weight excluding hydrogens is 286 g/mol. The lowest BCUT2D eigenvalue weighted by Crippen LogP contribution is -2.01. The van der Waals surface area contributed by atoms with Crippen LogP contribution in [0.4, 0.5) is 0 Å². The topological polar surface area (TPSA) is 22.1 Å². The molecule has 2 nitrogen and oxygen atoms in total. The summed E-state index contributed by atoms with van der Waals surface area (Å²) in [7, 11) is 0. The molecule has 0 unspecified atom stereocenters. The molecule has 0 saturated heterocycles. The second kappa shape index (κ2) is 7.70. The summed E-state index contributed by atoms with van der Waals surface area (Å²) in [6.07, 6.45) is 3.04. The molecule has 1 aromatic heterocycles. The number of rotatable bonds is 7. The van der Waals surface area contributed by atoms with Gasteiger partial charge >= 0.3 is 0 Å². The summed E-state index contributed by atoms with van der Waals surface area (Å²) in [4.78, 5) is 6.02. The molecular formula is C16H21NOS2. The minimum absolute atomic E-state index is 0.675. The van der Waals surface area contributed by atoms with Crippen LogP contribution in [0.25, 0.3) is 0 Å². The molecule has 2 rings (SSSR count). The van der Waals surface area contributed by atoms with Crippen LogP contribution >= 0.6 is 24.0 Å². The number of thiazole rings is 1. The van der Waals surface area contributed by atoms with Crippen molar-refractivity contribution in [3.8, 4) is 5.75 Å². The number of hydrogen-bond donors (Lipinski definition) is 1. The van der Waals surface area contributed by atoms with Gasteiger partial charge in [0.1, 0.15) is 5.75 Å². The summed E-state index contributed by atoms with van der Waals surface area (Å²) in [5, 5.41) is 1.16. The smallest absolute Gasteiger partial charge is 0.119 e. The molecule has 0 aliphatic heterocycles. The van der Waals surface area contributed by atoms with E-state index in [4.69, 9.17) is 9.72 Å². The predicted octanol–water partition coefficient (Wildman–Crippen LogP) is 4.46. The maximum absolute atomic E-state index is 5.78.